The molecule has 2 rings (SSSR count). The Kier molecular flexibility index (Phi) is 6.65. The number of methoxy groups -OCH3 is 1. The SMILES string of the molecule is CCOc1cc(/C=N/NS(=O)(=O)c2cc(Cl)ccc2OC)cc([N+](=O)[O-])c1O. The number of nitrogens with zero attached hydrogens (tertiary/aromatic N) is 2. The first kappa shape index (κ1) is 21.3. The predicted molar refractivity (Wildman–Crippen MR) is 102 cm³/mol. The summed E-state index contributed by atoms with van der Waals surface area (Å²) in [6, 6.07) is 6.35. The summed E-state index contributed by atoms with van der Waals surface area (Å²) in [7, 11) is -2.82. The molecule has 12 heteroatoms. The van der Waals surface area contributed by atoms with Crippen molar-refractivity contribution in [1.82, 2.24) is 4.83 Å². The molecule has 2 aromatic carbocycles. The lowest BCUT2D eigenvalue weighted by Gasteiger charge is -2.09. The number of rotatable bonds is 8. The van der Waals surface area contributed by atoms with E-state index in [0.29, 0.717) is 0 Å². The van der Waals surface area contributed by atoms with Gasteiger partial charge in [-0.3, -0.25) is 10.1 Å². The molecular weight excluding hydrogens is 414 g/mol. The fraction of sp³-hybridized carbons (Fsp3) is 0.188. The molecule has 0 saturated heterocycles. The molecule has 0 saturated carbocycles. The van der Waals surface area contributed by atoms with Crippen LogP contribution in [0.1, 0.15) is 12.5 Å². The second-order valence-corrected chi connectivity index (χ2v) is 7.29. The molecule has 0 heterocycles. The van der Waals surface area contributed by atoms with Crippen LogP contribution in [0.15, 0.2) is 40.3 Å². The zero-order valence-corrected chi connectivity index (χ0v) is 16.3. The minimum absolute atomic E-state index is 0.0611. The van der Waals surface area contributed by atoms with Gasteiger partial charge in [0.2, 0.25) is 5.75 Å². The van der Waals surface area contributed by atoms with Crippen molar-refractivity contribution >= 4 is 33.5 Å². The number of nitro benzene ring substituents is 1. The van der Waals surface area contributed by atoms with E-state index >= 15 is 0 Å². The fourth-order valence-electron chi connectivity index (χ4n) is 2.17. The predicted octanol–water partition coefficient (Wildman–Crippen LogP) is 2.67. The molecular formula is C16H16ClN3O7S. The van der Waals surface area contributed by atoms with Crippen LogP contribution < -0.4 is 14.3 Å². The number of hydrogen-bond acceptors (Lipinski definition) is 8. The first-order chi connectivity index (χ1) is 13.2. The zero-order valence-electron chi connectivity index (χ0n) is 14.7. The molecule has 0 aliphatic heterocycles. The van der Waals surface area contributed by atoms with Crippen LogP contribution in [0.4, 0.5) is 5.69 Å². The number of ether oxygens (including phenoxy) is 2. The van der Waals surface area contributed by atoms with Gasteiger partial charge in [0.15, 0.2) is 5.75 Å². The number of aromatic hydroxyl groups is 1. The highest BCUT2D eigenvalue weighted by atomic mass is 35.5. The molecule has 0 bridgehead atoms. The summed E-state index contributed by atoms with van der Waals surface area (Å²) in [6.45, 7) is 1.80. The highest BCUT2D eigenvalue weighted by molar-refractivity contribution is 7.89. The van der Waals surface area contributed by atoms with E-state index in [1.165, 1.54) is 31.4 Å². The summed E-state index contributed by atoms with van der Waals surface area (Å²) >= 11 is 5.83. The van der Waals surface area contributed by atoms with E-state index in [0.717, 1.165) is 12.3 Å². The Morgan fingerprint density at radius 2 is 2.04 bits per heavy atom. The molecule has 10 nitrogen and oxygen atoms in total. The number of sulfonamides is 1. The number of halogens is 1. The second kappa shape index (κ2) is 8.76. The van der Waals surface area contributed by atoms with E-state index in [-0.39, 0.29) is 33.6 Å². The van der Waals surface area contributed by atoms with Crippen LogP contribution in [0.3, 0.4) is 0 Å². The van der Waals surface area contributed by atoms with Crippen LogP contribution in [0.5, 0.6) is 17.2 Å². The number of nitrogens with one attached hydrogen (secondary N) is 1. The number of hydrazone groups is 1. The standard InChI is InChI=1S/C16H16ClN3O7S/c1-3-27-14-7-10(6-12(16(14)21)20(22)23)9-18-19-28(24,25)15-8-11(17)4-5-13(15)26-2/h4-9,19,21H,3H2,1-2H3/b18-9+. The average Bonchev–Trinajstić information content (AvgIpc) is 2.64. The number of phenolic OH excluding ortho intramolecular Hbond substituents is 1. The molecule has 2 aromatic rings. The quantitative estimate of drug-likeness (QED) is 0.373. The molecule has 0 fully saturated rings. The van der Waals surface area contributed by atoms with Crippen LogP contribution in [0.2, 0.25) is 5.02 Å². The third kappa shape index (κ3) is 4.81. The lowest BCUT2D eigenvalue weighted by Crippen LogP contribution is -2.19. The molecule has 150 valence electrons. The van der Waals surface area contributed by atoms with Crippen LogP contribution in [-0.2, 0) is 10.0 Å². The number of hydrogen-bond donors (Lipinski definition) is 2. The molecule has 0 radical (unpaired) electrons. The van der Waals surface area contributed by atoms with Gasteiger partial charge in [-0.05, 0) is 31.2 Å². The average molecular weight is 430 g/mol. The Bertz CT molecular complexity index is 1030. The van der Waals surface area contributed by atoms with E-state index in [2.05, 4.69) is 5.10 Å². The Morgan fingerprint density at radius 1 is 1.32 bits per heavy atom. The summed E-state index contributed by atoms with van der Waals surface area (Å²) in [5.74, 6) is -0.697. The maximum Gasteiger partial charge on any atom is 0.315 e. The van der Waals surface area contributed by atoms with Gasteiger partial charge in [-0.2, -0.15) is 18.4 Å². The van der Waals surface area contributed by atoms with E-state index in [1.807, 2.05) is 4.83 Å². The van der Waals surface area contributed by atoms with Crippen LogP contribution in [-0.4, -0.2) is 38.4 Å². The highest BCUT2D eigenvalue weighted by Crippen LogP contribution is 2.36. The van der Waals surface area contributed by atoms with Gasteiger partial charge in [0.25, 0.3) is 10.0 Å². The third-order valence-electron chi connectivity index (χ3n) is 3.38. The van der Waals surface area contributed by atoms with Crippen molar-refractivity contribution in [2.24, 2.45) is 5.10 Å². The van der Waals surface area contributed by atoms with E-state index in [9.17, 15) is 23.6 Å². The summed E-state index contributed by atoms with van der Waals surface area (Å²) in [4.78, 5) is 12.0. The van der Waals surface area contributed by atoms with Gasteiger partial charge in [-0.25, -0.2) is 0 Å². The maximum atomic E-state index is 12.4. The molecule has 28 heavy (non-hydrogen) atoms. The van der Waals surface area contributed by atoms with E-state index in [4.69, 9.17) is 21.1 Å². The Labute approximate surface area is 165 Å². The Morgan fingerprint density at radius 3 is 2.64 bits per heavy atom. The van der Waals surface area contributed by atoms with Gasteiger partial charge in [-0.1, -0.05) is 11.6 Å². The Hall–Kier alpha value is -3.05. The van der Waals surface area contributed by atoms with Gasteiger partial charge in [0.1, 0.15) is 10.6 Å². The van der Waals surface area contributed by atoms with Crippen molar-refractivity contribution in [3.05, 3.63) is 51.0 Å². The molecule has 0 aromatic heterocycles. The van der Waals surface area contributed by atoms with Crippen molar-refractivity contribution in [3.8, 4) is 17.2 Å². The summed E-state index contributed by atoms with van der Waals surface area (Å²) in [5.41, 5.74) is -0.472. The maximum absolute atomic E-state index is 12.4. The van der Waals surface area contributed by atoms with Gasteiger partial charge in [0, 0.05) is 16.7 Å². The Balaban J connectivity index is 2.34. The number of nitro groups is 1. The molecule has 0 amide bonds. The van der Waals surface area contributed by atoms with Gasteiger partial charge in [0.05, 0.1) is 24.9 Å². The summed E-state index contributed by atoms with van der Waals surface area (Å²) < 4.78 is 35.0. The number of phenols is 1. The largest absolute Gasteiger partial charge is 0.500 e. The molecule has 0 aliphatic carbocycles. The molecule has 0 aliphatic rings. The van der Waals surface area contributed by atoms with Crippen molar-refractivity contribution in [3.63, 3.8) is 0 Å². The topological polar surface area (TPSA) is 140 Å². The molecule has 0 atom stereocenters. The van der Waals surface area contributed by atoms with Crippen molar-refractivity contribution < 1.29 is 27.9 Å². The minimum Gasteiger partial charge on any atom is -0.500 e. The smallest absolute Gasteiger partial charge is 0.315 e. The number of benzene rings is 2. The summed E-state index contributed by atoms with van der Waals surface area (Å²) in [6.07, 6.45) is 1.03. The zero-order chi connectivity index (χ0) is 20.9. The van der Waals surface area contributed by atoms with Crippen molar-refractivity contribution in [1.29, 1.82) is 0 Å². The van der Waals surface area contributed by atoms with Gasteiger partial charge >= 0.3 is 5.69 Å². The van der Waals surface area contributed by atoms with E-state index in [1.54, 1.807) is 6.92 Å². The lowest BCUT2D eigenvalue weighted by atomic mass is 10.2. The van der Waals surface area contributed by atoms with Gasteiger partial charge < -0.3 is 14.6 Å². The molecule has 2 N–H and O–H groups in total. The lowest BCUT2D eigenvalue weighted by molar-refractivity contribution is -0.386. The minimum atomic E-state index is -4.12. The van der Waals surface area contributed by atoms with Crippen LogP contribution >= 0.6 is 11.6 Å². The first-order valence-electron chi connectivity index (χ1n) is 7.72. The van der Waals surface area contributed by atoms with E-state index < -0.39 is 26.4 Å². The normalized spacial score (nSPS) is 11.4. The van der Waals surface area contributed by atoms with Crippen LogP contribution in [0, 0.1) is 10.1 Å². The van der Waals surface area contributed by atoms with Crippen molar-refractivity contribution in [2.45, 2.75) is 11.8 Å². The van der Waals surface area contributed by atoms with Crippen molar-refractivity contribution in [2.75, 3.05) is 13.7 Å². The second-order valence-electron chi connectivity index (χ2n) is 5.22. The monoisotopic (exact) mass is 429 g/mol. The highest BCUT2D eigenvalue weighted by Gasteiger charge is 2.21. The van der Waals surface area contributed by atoms with Gasteiger partial charge in [-0.15, -0.1) is 0 Å². The molecule has 0 spiro atoms. The third-order valence-corrected chi connectivity index (χ3v) is 4.85. The molecule has 0 unspecified atom stereocenters. The van der Waals surface area contributed by atoms with Crippen LogP contribution in [0.25, 0.3) is 0 Å². The summed E-state index contributed by atoms with van der Waals surface area (Å²) in [5, 5.41) is 24.7. The fourth-order valence-corrected chi connectivity index (χ4v) is 3.40. The first-order valence-corrected chi connectivity index (χ1v) is 9.58.